The number of nitrogens with zero attached hydrogens (tertiary/aromatic N) is 1. The molecule has 2 aliphatic rings. The summed E-state index contributed by atoms with van der Waals surface area (Å²) < 4.78 is 5.07. The van der Waals surface area contributed by atoms with Crippen molar-refractivity contribution in [1.82, 2.24) is 4.90 Å². The van der Waals surface area contributed by atoms with Crippen LogP contribution >= 0.6 is 11.8 Å². The van der Waals surface area contributed by atoms with Crippen LogP contribution in [0.15, 0.2) is 60.7 Å². The highest BCUT2D eigenvalue weighted by molar-refractivity contribution is 8.01. The van der Waals surface area contributed by atoms with Gasteiger partial charge in [0.25, 0.3) is 0 Å². The predicted octanol–water partition coefficient (Wildman–Crippen LogP) is 3.40. The molecule has 2 heterocycles. The van der Waals surface area contributed by atoms with Gasteiger partial charge < -0.3 is 14.7 Å². The number of aliphatic hydroxyl groups excluding tert-OH is 1. The molecule has 2 aliphatic heterocycles. The summed E-state index contributed by atoms with van der Waals surface area (Å²) in [6.45, 7) is 4.11. The van der Waals surface area contributed by atoms with Crippen molar-refractivity contribution >= 4 is 23.6 Å². The number of esters is 1. The van der Waals surface area contributed by atoms with Gasteiger partial charge in [-0.15, -0.1) is 11.8 Å². The summed E-state index contributed by atoms with van der Waals surface area (Å²) in [5.41, 5.74) is 2.05. The first-order valence-electron chi connectivity index (χ1n) is 10.3. The number of carbonyl (C=O) groups is 2. The Morgan fingerprint density at radius 2 is 1.70 bits per heavy atom. The smallest absolute Gasteiger partial charge is 0.330 e. The first kappa shape index (κ1) is 20.9. The molecule has 0 unspecified atom stereocenters. The second-order valence-electron chi connectivity index (χ2n) is 8.47. The molecule has 2 aromatic carbocycles. The van der Waals surface area contributed by atoms with E-state index in [2.05, 4.69) is 0 Å². The minimum Gasteiger partial charge on any atom is -0.459 e. The molecule has 5 nitrogen and oxygen atoms in total. The zero-order valence-corrected chi connectivity index (χ0v) is 18.0. The molecule has 0 saturated carbocycles. The highest BCUT2D eigenvalue weighted by Crippen LogP contribution is 2.54. The monoisotopic (exact) mass is 425 g/mol. The van der Waals surface area contributed by atoms with Gasteiger partial charge in [-0.1, -0.05) is 60.7 Å². The van der Waals surface area contributed by atoms with Crippen LogP contribution in [0.5, 0.6) is 0 Å². The fourth-order valence-corrected chi connectivity index (χ4v) is 6.07. The number of thioether (sulfide) groups is 1. The summed E-state index contributed by atoms with van der Waals surface area (Å²) in [7, 11) is 0. The summed E-state index contributed by atoms with van der Waals surface area (Å²) in [6, 6.07) is 18.8. The molecule has 1 N–H and O–H groups in total. The molecule has 2 aromatic rings. The lowest BCUT2D eigenvalue weighted by atomic mass is 9.85. The fourth-order valence-electron chi connectivity index (χ4n) is 4.32. The summed E-state index contributed by atoms with van der Waals surface area (Å²) in [4.78, 5) is 27.4. The van der Waals surface area contributed by atoms with Crippen molar-refractivity contribution in [3.8, 4) is 0 Å². The Bertz CT molecular complexity index is 902. The Kier molecular flexibility index (Phi) is 5.89. The van der Waals surface area contributed by atoms with E-state index in [4.69, 9.17) is 4.74 Å². The van der Waals surface area contributed by atoms with Crippen LogP contribution in [0.4, 0.5) is 0 Å². The molecule has 30 heavy (non-hydrogen) atoms. The summed E-state index contributed by atoms with van der Waals surface area (Å²) >= 11 is 1.58. The number of β-lactam (4-membered cyclic amide) rings is 1. The third kappa shape index (κ3) is 3.98. The minimum absolute atomic E-state index is 0.153. The molecule has 0 aliphatic carbocycles. The molecular weight excluding hydrogens is 398 g/mol. The Labute approximate surface area is 181 Å². The third-order valence-corrected chi connectivity index (χ3v) is 7.51. The molecule has 2 saturated heterocycles. The summed E-state index contributed by atoms with van der Waals surface area (Å²) in [6.07, 6.45) is 0.519. The van der Waals surface area contributed by atoms with E-state index >= 15 is 0 Å². The van der Waals surface area contributed by atoms with Crippen molar-refractivity contribution in [2.45, 2.75) is 55.6 Å². The van der Waals surface area contributed by atoms with Crippen molar-refractivity contribution < 1.29 is 19.4 Å². The maximum absolute atomic E-state index is 12.9. The molecule has 158 valence electrons. The van der Waals surface area contributed by atoms with Gasteiger partial charge >= 0.3 is 5.97 Å². The Balaban J connectivity index is 1.39. The van der Waals surface area contributed by atoms with E-state index < -0.39 is 22.8 Å². The quantitative estimate of drug-likeness (QED) is 0.544. The van der Waals surface area contributed by atoms with Crippen LogP contribution in [-0.2, 0) is 27.4 Å². The molecule has 1 amide bonds. The van der Waals surface area contributed by atoms with Crippen LogP contribution in [0.25, 0.3) is 0 Å². The van der Waals surface area contributed by atoms with Crippen LogP contribution < -0.4 is 0 Å². The molecule has 4 atom stereocenters. The Morgan fingerprint density at radius 3 is 2.33 bits per heavy atom. The van der Waals surface area contributed by atoms with Gasteiger partial charge in [-0.05, 0) is 37.8 Å². The van der Waals surface area contributed by atoms with Gasteiger partial charge in [-0.3, -0.25) is 4.79 Å². The number of benzene rings is 2. The molecule has 2 fully saturated rings. The van der Waals surface area contributed by atoms with E-state index in [1.54, 1.807) is 16.7 Å². The van der Waals surface area contributed by atoms with Gasteiger partial charge in [0.15, 0.2) is 0 Å². The van der Waals surface area contributed by atoms with Crippen molar-refractivity contribution in [2.24, 2.45) is 5.92 Å². The van der Waals surface area contributed by atoms with Crippen LogP contribution in [-0.4, -0.2) is 44.1 Å². The van der Waals surface area contributed by atoms with Crippen molar-refractivity contribution in [1.29, 1.82) is 0 Å². The van der Waals surface area contributed by atoms with Gasteiger partial charge in [-0.25, -0.2) is 4.79 Å². The normalized spacial score (nSPS) is 25.4. The lowest BCUT2D eigenvalue weighted by molar-refractivity contribution is -0.172. The zero-order chi connectivity index (χ0) is 21.3. The van der Waals surface area contributed by atoms with E-state index in [1.165, 1.54) is 0 Å². The lowest BCUT2D eigenvalue weighted by Gasteiger charge is -2.45. The number of carbonyl (C=O) groups excluding carboxylic acids is 2. The summed E-state index contributed by atoms with van der Waals surface area (Å²) in [5, 5.41) is 10.5. The number of aliphatic hydroxyl groups is 1. The SMILES string of the molecule is CC1(C)S[C@@H]2[C@H]([C@@H](O)CCc3ccccc3)C(=O)N2[C@H]1C(=O)OCc1ccccc1. The van der Waals surface area contributed by atoms with E-state index in [0.717, 1.165) is 17.5 Å². The predicted molar refractivity (Wildman–Crippen MR) is 117 cm³/mol. The third-order valence-electron chi connectivity index (χ3n) is 5.92. The molecular formula is C24H27NO4S. The van der Waals surface area contributed by atoms with Crippen molar-refractivity contribution in [3.63, 3.8) is 0 Å². The van der Waals surface area contributed by atoms with Crippen LogP contribution in [0.1, 0.15) is 31.4 Å². The Morgan fingerprint density at radius 1 is 1.10 bits per heavy atom. The maximum Gasteiger partial charge on any atom is 0.330 e. The van der Waals surface area contributed by atoms with E-state index in [9.17, 15) is 14.7 Å². The fraction of sp³-hybridized carbons (Fsp3) is 0.417. The molecule has 4 rings (SSSR count). The molecule has 0 spiro atoms. The first-order valence-corrected chi connectivity index (χ1v) is 11.2. The maximum atomic E-state index is 12.9. The second kappa shape index (κ2) is 8.44. The highest BCUT2D eigenvalue weighted by atomic mass is 32.2. The molecule has 0 aromatic heterocycles. The van der Waals surface area contributed by atoms with Gasteiger partial charge in [0, 0.05) is 4.75 Å². The van der Waals surface area contributed by atoms with Crippen LogP contribution in [0.2, 0.25) is 0 Å². The van der Waals surface area contributed by atoms with Crippen molar-refractivity contribution in [2.75, 3.05) is 0 Å². The average molecular weight is 426 g/mol. The Hall–Kier alpha value is -2.31. The summed E-state index contributed by atoms with van der Waals surface area (Å²) in [5.74, 6) is -1.00. The number of hydrogen-bond acceptors (Lipinski definition) is 5. The molecule has 6 heteroatoms. The number of rotatable bonds is 7. The lowest BCUT2D eigenvalue weighted by Crippen LogP contribution is -2.65. The number of hydrogen-bond donors (Lipinski definition) is 1. The van der Waals surface area contributed by atoms with E-state index in [1.807, 2.05) is 74.5 Å². The van der Waals surface area contributed by atoms with E-state index in [0.29, 0.717) is 6.42 Å². The largest absolute Gasteiger partial charge is 0.459 e. The standard InChI is InChI=1S/C24H27NO4S/c1-24(2)20(23(28)29-15-17-11-7-4-8-12-17)25-21(27)19(22(25)30-24)18(26)14-13-16-9-5-3-6-10-16/h3-12,18-20,22,26H,13-15H2,1-2H3/t18-,19+,20-,22+/m0/s1. The van der Waals surface area contributed by atoms with Gasteiger partial charge in [0.1, 0.15) is 12.6 Å². The van der Waals surface area contributed by atoms with Gasteiger partial charge in [0.2, 0.25) is 5.91 Å². The van der Waals surface area contributed by atoms with E-state index in [-0.39, 0.29) is 23.9 Å². The van der Waals surface area contributed by atoms with Crippen LogP contribution in [0.3, 0.4) is 0 Å². The molecule has 0 bridgehead atoms. The molecule has 0 radical (unpaired) electrons. The number of fused-ring (bicyclic) bond motifs is 1. The van der Waals surface area contributed by atoms with Crippen molar-refractivity contribution in [3.05, 3.63) is 71.8 Å². The van der Waals surface area contributed by atoms with Gasteiger partial charge in [0.05, 0.1) is 17.4 Å². The van der Waals surface area contributed by atoms with Crippen LogP contribution in [0, 0.1) is 5.92 Å². The highest BCUT2D eigenvalue weighted by Gasteiger charge is 2.65. The topological polar surface area (TPSA) is 66.8 Å². The number of aryl methyl sites for hydroxylation is 1. The number of ether oxygens (including phenoxy) is 1. The number of amides is 1. The average Bonchev–Trinajstić information content (AvgIpc) is 2.99. The van der Waals surface area contributed by atoms with Gasteiger partial charge in [-0.2, -0.15) is 0 Å². The first-order chi connectivity index (χ1) is 14.4. The second-order valence-corrected chi connectivity index (χ2v) is 10.2. The zero-order valence-electron chi connectivity index (χ0n) is 17.2. The minimum atomic E-state index is -0.721.